The molecule has 0 saturated heterocycles. The number of carbonyl (C=O) groups excluding carboxylic acids is 2. The van der Waals surface area contributed by atoms with E-state index in [-0.39, 0.29) is 24.2 Å². The van der Waals surface area contributed by atoms with Crippen molar-refractivity contribution in [2.75, 3.05) is 20.3 Å². The Morgan fingerprint density at radius 2 is 1.83 bits per heavy atom. The lowest BCUT2D eigenvalue weighted by Crippen LogP contribution is -2.48. The lowest BCUT2D eigenvalue weighted by atomic mass is 10.1. The minimum Gasteiger partial charge on any atom is -0.493 e. The Hall–Kier alpha value is -2.93. The molecule has 0 aliphatic heterocycles. The third-order valence-electron chi connectivity index (χ3n) is 4.19. The van der Waals surface area contributed by atoms with Gasteiger partial charge in [-0.3, -0.25) is 9.59 Å². The average molecular weight is 402 g/mol. The molecular weight excluding hydrogens is 375 g/mol. The highest BCUT2D eigenvalue weighted by molar-refractivity contribution is 5.86. The maximum Gasteiger partial charge on any atom is 0.245 e. The summed E-state index contributed by atoms with van der Waals surface area (Å²) in [5.41, 5.74) is 2.11. The van der Waals surface area contributed by atoms with Gasteiger partial charge in [-0.05, 0) is 36.1 Å². The van der Waals surface area contributed by atoms with Gasteiger partial charge in [-0.2, -0.15) is 0 Å². The first-order chi connectivity index (χ1) is 14.0. The largest absolute Gasteiger partial charge is 0.493 e. The monoisotopic (exact) mass is 402 g/mol. The van der Waals surface area contributed by atoms with E-state index in [9.17, 15) is 14.0 Å². The second-order valence-electron chi connectivity index (χ2n) is 6.65. The van der Waals surface area contributed by atoms with E-state index in [1.165, 1.54) is 26.2 Å². The molecule has 2 amide bonds. The van der Waals surface area contributed by atoms with Gasteiger partial charge in [-0.1, -0.05) is 30.3 Å². The molecule has 0 unspecified atom stereocenters. The van der Waals surface area contributed by atoms with Gasteiger partial charge < -0.3 is 20.1 Å². The molecule has 29 heavy (non-hydrogen) atoms. The van der Waals surface area contributed by atoms with Crippen LogP contribution in [-0.2, 0) is 27.3 Å². The van der Waals surface area contributed by atoms with Gasteiger partial charge in [0.15, 0.2) is 0 Å². The molecule has 1 atom stereocenters. The highest BCUT2D eigenvalue weighted by Gasteiger charge is 2.18. The molecule has 0 aromatic heterocycles. The second-order valence-corrected chi connectivity index (χ2v) is 6.65. The summed E-state index contributed by atoms with van der Waals surface area (Å²) < 4.78 is 23.6. The lowest BCUT2D eigenvalue weighted by Gasteiger charge is -2.16. The summed E-state index contributed by atoms with van der Waals surface area (Å²) in [6, 6.07) is 13.3. The highest BCUT2D eigenvalue weighted by Crippen LogP contribution is 2.13. The van der Waals surface area contributed by atoms with Gasteiger partial charge in [0.1, 0.15) is 17.6 Å². The van der Waals surface area contributed by atoms with Gasteiger partial charge in [0.25, 0.3) is 0 Å². The number of hydrogen-bond donors (Lipinski definition) is 2. The molecule has 0 radical (unpaired) electrons. The number of benzene rings is 2. The van der Waals surface area contributed by atoms with Crippen molar-refractivity contribution in [2.24, 2.45) is 0 Å². The number of aryl methyl sites for hydroxylation is 1. The van der Waals surface area contributed by atoms with Crippen molar-refractivity contribution >= 4 is 11.8 Å². The number of nitrogens with one attached hydrogen (secondary N) is 2. The minimum atomic E-state index is -0.713. The summed E-state index contributed by atoms with van der Waals surface area (Å²) in [7, 11) is 1.48. The Kier molecular flexibility index (Phi) is 9.11. The predicted molar refractivity (Wildman–Crippen MR) is 108 cm³/mol. The van der Waals surface area contributed by atoms with Crippen LogP contribution in [0.4, 0.5) is 4.39 Å². The summed E-state index contributed by atoms with van der Waals surface area (Å²) in [6.45, 7) is 2.34. The maximum atomic E-state index is 13.1. The number of halogens is 1. The van der Waals surface area contributed by atoms with Crippen LogP contribution in [-0.4, -0.2) is 38.2 Å². The van der Waals surface area contributed by atoms with Crippen LogP contribution in [0.25, 0.3) is 0 Å². The molecule has 2 aromatic carbocycles. The van der Waals surface area contributed by atoms with Crippen molar-refractivity contribution in [2.45, 2.75) is 32.4 Å². The van der Waals surface area contributed by atoms with Gasteiger partial charge in [-0.25, -0.2) is 4.39 Å². The van der Waals surface area contributed by atoms with E-state index >= 15 is 0 Å². The van der Waals surface area contributed by atoms with E-state index in [4.69, 9.17) is 9.47 Å². The lowest BCUT2D eigenvalue weighted by molar-refractivity contribution is -0.129. The Balaban J connectivity index is 1.73. The third-order valence-corrected chi connectivity index (χ3v) is 4.19. The van der Waals surface area contributed by atoms with E-state index in [0.717, 1.165) is 24.0 Å². The van der Waals surface area contributed by atoms with Crippen molar-refractivity contribution in [3.63, 3.8) is 0 Å². The van der Waals surface area contributed by atoms with Crippen molar-refractivity contribution < 1.29 is 23.5 Å². The Morgan fingerprint density at radius 1 is 1.10 bits per heavy atom. The van der Waals surface area contributed by atoms with Crippen molar-refractivity contribution in [3.05, 3.63) is 65.5 Å². The summed E-state index contributed by atoms with van der Waals surface area (Å²) in [5.74, 6) is -0.355. The van der Waals surface area contributed by atoms with Crippen LogP contribution in [0, 0.1) is 5.82 Å². The maximum absolute atomic E-state index is 13.1. The van der Waals surface area contributed by atoms with E-state index in [0.29, 0.717) is 18.9 Å². The topological polar surface area (TPSA) is 76.7 Å². The minimum absolute atomic E-state index is 0.113. The van der Waals surface area contributed by atoms with Crippen LogP contribution in [0.5, 0.6) is 5.75 Å². The molecule has 2 rings (SSSR count). The summed E-state index contributed by atoms with van der Waals surface area (Å²) in [5, 5.41) is 5.36. The molecule has 156 valence electrons. The molecule has 0 heterocycles. The summed E-state index contributed by atoms with van der Waals surface area (Å²) in [6.07, 6.45) is 1.64. The molecule has 0 spiro atoms. The van der Waals surface area contributed by atoms with E-state index < -0.39 is 6.04 Å². The standard InChI is InChI=1S/C22H27FN2O4/c1-16(26)25-21(15-28-2)22(27)24-14-18-10-8-17(9-11-18)5-4-12-29-20-7-3-6-19(23)13-20/h3,6-11,13,21H,4-5,12,14-15H2,1-2H3,(H,24,27)(H,25,26)/t21-/m1/s1. The fourth-order valence-corrected chi connectivity index (χ4v) is 2.75. The molecule has 0 aliphatic rings. The molecule has 6 nitrogen and oxygen atoms in total. The molecule has 2 N–H and O–H groups in total. The van der Waals surface area contributed by atoms with E-state index in [1.54, 1.807) is 12.1 Å². The molecular formula is C22H27FN2O4. The van der Waals surface area contributed by atoms with Crippen molar-refractivity contribution in [1.82, 2.24) is 10.6 Å². The Morgan fingerprint density at radius 3 is 2.48 bits per heavy atom. The smallest absolute Gasteiger partial charge is 0.245 e. The number of methoxy groups -OCH3 is 1. The SMILES string of the molecule is COC[C@@H](NC(C)=O)C(=O)NCc1ccc(CCCOc2cccc(F)c2)cc1. The van der Waals surface area contributed by atoms with Crippen LogP contribution < -0.4 is 15.4 Å². The van der Waals surface area contributed by atoms with Crippen LogP contribution in [0.2, 0.25) is 0 Å². The van der Waals surface area contributed by atoms with E-state index in [1.807, 2.05) is 24.3 Å². The second kappa shape index (κ2) is 11.8. The number of carbonyl (C=O) groups is 2. The number of ether oxygens (including phenoxy) is 2. The van der Waals surface area contributed by atoms with Crippen LogP contribution in [0.1, 0.15) is 24.5 Å². The predicted octanol–water partition coefficient (Wildman–Crippen LogP) is 2.60. The molecule has 0 fully saturated rings. The van der Waals surface area contributed by atoms with Gasteiger partial charge in [0.05, 0.1) is 13.2 Å². The summed E-state index contributed by atoms with van der Waals surface area (Å²) in [4.78, 5) is 23.4. The normalized spacial score (nSPS) is 11.6. The summed E-state index contributed by atoms with van der Waals surface area (Å²) >= 11 is 0. The van der Waals surface area contributed by atoms with Gasteiger partial charge in [-0.15, -0.1) is 0 Å². The third kappa shape index (κ3) is 8.31. The number of hydrogen-bond acceptors (Lipinski definition) is 4. The molecule has 0 aliphatic carbocycles. The van der Waals surface area contributed by atoms with Crippen LogP contribution >= 0.6 is 0 Å². The zero-order chi connectivity index (χ0) is 21.1. The molecule has 0 bridgehead atoms. The molecule has 0 saturated carbocycles. The first kappa shape index (κ1) is 22.4. The van der Waals surface area contributed by atoms with Crippen molar-refractivity contribution in [1.29, 1.82) is 0 Å². The van der Waals surface area contributed by atoms with Gasteiger partial charge >= 0.3 is 0 Å². The van der Waals surface area contributed by atoms with Gasteiger partial charge in [0, 0.05) is 26.6 Å². The zero-order valence-electron chi connectivity index (χ0n) is 16.7. The first-order valence-corrected chi connectivity index (χ1v) is 9.48. The quantitative estimate of drug-likeness (QED) is 0.567. The first-order valence-electron chi connectivity index (χ1n) is 9.48. The number of rotatable bonds is 11. The zero-order valence-corrected chi connectivity index (χ0v) is 16.7. The Labute approximate surface area is 170 Å². The van der Waals surface area contributed by atoms with E-state index in [2.05, 4.69) is 10.6 Å². The Bertz CT molecular complexity index is 796. The highest BCUT2D eigenvalue weighted by atomic mass is 19.1. The van der Waals surface area contributed by atoms with Crippen LogP contribution in [0.15, 0.2) is 48.5 Å². The van der Waals surface area contributed by atoms with Crippen molar-refractivity contribution in [3.8, 4) is 5.75 Å². The van der Waals surface area contributed by atoms with Crippen LogP contribution in [0.3, 0.4) is 0 Å². The molecule has 7 heteroatoms. The molecule has 2 aromatic rings. The van der Waals surface area contributed by atoms with Gasteiger partial charge in [0.2, 0.25) is 11.8 Å². The fraction of sp³-hybridized carbons (Fsp3) is 0.364. The number of amides is 2. The fourth-order valence-electron chi connectivity index (χ4n) is 2.75. The average Bonchev–Trinajstić information content (AvgIpc) is 2.70.